The summed E-state index contributed by atoms with van der Waals surface area (Å²) in [6.45, 7) is 5.78. The molecule has 0 atom stereocenters. The van der Waals surface area contributed by atoms with Crippen LogP contribution in [0.3, 0.4) is 0 Å². The molecule has 0 saturated heterocycles. The van der Waals surface area contributed by atoms with E-state index in [1.165, 1.54) is 12.1 Å². The van der Waals surface area contributed by atoms with E-state index in [4.69, 9.17) is 0 Å². The minimum Gasteiger partial charge on any atom is -0.207 e. The van der Waals surface area contributed by atoms with E-state index in [0.717, 1.165) is 22.3 Å². The van der Waals surface area contributed by atoms with E-state index in [-0.39, 0.29) is 5.82 Å². The van der Waals surface area contributed by atoms with Crippen molar-refractivity contribution in [2.45, 2.75) is 6.92 Å². The molecule has 0 radical (unpaired) electrons. The van der Waals surface area contributed by atoms with Crippen molar-refractivity contribution in [1.82, 2.24) is 0 Å². The van der Waals surface area contributed by atoms with E-state index in [1.807, 2.05) is 37.3 Å². The monoisotopic (exact) mass is 262 g/mol. The van der Waals surface area contributed by atoms with Gasteiger partial charge in [-0.25, -0.2) is 4.39 Å². The summed E-state index contributed by atoms with van der Waals surface area (Å²) >= 11 is 0. The number of allylic oxidation sites excluding steroid dienone is 3. The van der Waals surface area contributed by atoms with E-state index in [0.29, 0.717) is 0 Å². The molecule has 0 bridgehead atoms. The Kier molecular flexibility index (Phi) is 4.52. The van der Waals surface area contributed by atoms with Crippen LogP contribution in [0.25, 0.3) is 5.57 Å². The maximum Gasteiger partial charge on any atom is 0.123 e. The molecule has 0 saturated carbocycles. The average molecular weight is 262 g/mol. The van der Waals surface area contributed by atoms with E-state index in [1.54, 1.807) is 18.2 Å². The first kappa shape index (κ1) is 13.8. The number of rotatable bonds is 2. The Labute approximate surface area is 119 Å². The molecule has 0 aliphatic rings. The van der Waals surface area contributed by atoms with Gasteiger partial charge in [-0.1, -0.05) is 48.8 Å². The van der Waals surface area contributed by atoms with Gasteiger partial charge in [0.05, 0.1) is 0 Å². The van der Waals surface area contributed by atoms with Crippen molar-refractivity contribution >= 4 is 5.57 Å². The summed E-state index contributed by atoms with van der Waals surface area (Å²) < 4.78 is 12.9. The topological polar surface area (TPSA) is 0 Å². The fourth-order valence-corrected chi connectivity index (χ4v) is 1.86. The molecule has 0 aliphatic carbocycles. The number of aryl methyl sites for hydroxylation is 1. The molecule has 0 spiro atoms. The number of benzene rings is 2. The van der Waals surface area contributed by atoms with Crippen molar-refractivity contribution < 1.29 is 4.39 Å². The maximum atomic E-state index is 12.9. The zero-order valence-corrected chi connectivity index (χ0v) is 11.4. The second-order valence-electron chi connectivity index (χ2n) is 4.39. The smallest absolute Gasteiger partial charge is 0.123 e. The summed E-state index contributed by atoms with van der Waals surface area (Å²) in [4.78, 5) is 0. The Hall–Kier alpha value is -2.59. The minimum atomic E-state index is -0.253. The van der Waals surface area contributed by atoms with Crippen LogP contribution in [0.4, 0.5) is 4.39 Å². The van der Waals surface area contributed by atoms with Crippen LogP contribution >= 0.6 is 0 Å². The first-order valence-electron chi connectivity index (χ1n) is 6.37. The molecular weight excluding hydrogens is 247 g/mol. The van der Waals surface area contributed by atoms with Gasteiger partial charge in [-0.2, -0.15) is 0 Å². The second kappa shape index (κ2) is 6.54. The van der Waals surface area contributed by atoms with E-state index < -0.39 is 0 Å². The van der Waals surface area contributed by atoms with Gasteiger partial charge in [0.15, 0.2) is 0 Å². The molecule has 0 N–H and O–H groups in total. The average Bonchev–Trinajstić information content (AvgIpc) is 2.46. The molecule has 0 heterocycles. The summed E-state index contributed by atoms with van der Waals surface area (Å²) in [6.07, 6.45) is 3.61. The van der Waals surface area contributed by atoms with Crippen LogP contribution in [-0.4, -0.2) is 0 Å². The van der Waals surface area contributed by atoms with E-state index >= 15 is 0 Å². The Bertz CT molecular complexity index is 695. The third-order valence-electron chi connectivity index (χ3n) is 2.91. The Morgan fingerprint density at radius 2 is 1.80 bits per heavy atom. The fourth-order valence-electron chi connectivity index (χ4n) is 1.86. The summed E-state index contributed by atoms with van der Waals surface area (Å²) in [7, 11) is 0. The van der Waals surface area contributed by atoms with Crippen molar-refractivity contribution in [2.24, 2.45) is 0 Å². The van der Waals surface area contributed by atoms with Crippen molar-refractivity contribution in [3.63, 3.8) is 0 Å². The van der Waals surface area contributed by atoms with E-state index in [9.17, 15) is 4.39 Å². The fraction of sp³-hybridized carbons (Fsp3) is 0.0526. The molecule has 2 rings (SSSR count). The van der Waals surface area contributed by atoms with Gasteiger partial charge in [-0.3, -0.25) is 0 Å². The van der Waals surface area contributed by atoms with Gasteiger partial charge in [-0.15, -0.1) is 0 Å². The van der Waals surface area contributed by atoms with Crippen LogP contribution in [0.2, 0.25) is 0 Å². The lowest BCUT2D eigenvalue weighted by Crippen LogP contribution is -1.86. The summed E-state index contributed by atoms with van der Waals surface area (Å²) in [5.41, 5.74) is 3.94. The third-order valence-corrected chi connectivity index (χ3v) is 2.91. The molecular formula is C19H15F. The lowest BCUT2D eigenvalue weighted by molar-refractivity contribution is 0.627. The first-order chi connectivity index (χ1) is 9.70. The first-order valence-corrected chi connectivity index (χ1v) is 6.37. The highest BCUT2D eigenvalue weighted by Crippen LogP contribution is 2.18. The van der Waals surface area contributed by atoms with Gasteiger partial charge in [0.1, 0.15) is 5.82 Å². The highest BCUT2D eigenvalue weighted by Gasteiger charge is 2.00. The highest BCUT2D eigenvalue weighted by atomic mass is 19.1. The minimum absolute atomic E-state index is 0.253. The van der Waals surface area contributed by atoms with Crippen LogP contribution in [-0.2, 0) is 0 Å². The van der Waals surface area contributed by atoms with Gasteiger partial charge in [0, 0.05) is 11.1 Å². The largest absolute Gasteiger partial charge is 0.207 e. The van der Waals surface area contributed by atoms with Crippen LogP contribution in [0.5, 0.6) is 0 Å². The zero-order chi connectivity index (χ0) is 14.4. The van der Waals surface area contributed by atoms with Gasteiger partial charge >= 0.3 is 0 Å². The van der Waals surface area contributed by atoms with Crippen molar-refractivity contribution in [1.29, 1.82) is 0 Å². The number of halogens is 1. The van der Waals surface area contributed by atoms with Crippen LogP contribution in [0.15, 0.2) is 67.3 Å². The Morgan fingerprint density at radius 3 is 2.45 bits per heavy atom. The highest BCUT2D eigenvalue weighted by molar-refractivity contribution is 5.82. The molecule has 0 aliphatic heterocycles. The molecule has 0 unspecified atom stereocenters. The molecule has 20 heavy (non-hydrogen) atoms. The summed E-state index contributed by atoms with van der Waals surface area (Å²) in [6, 6.07) is 14.2. The van der Waals surface area contributed by atoms with Crippen LogP contribution < -0.4 is 0 Å². The van der Waals surface area contributed by atoms with Crippen molar-refractivity contribution in [2.75, 3.05) is 0 Å². The van der Waals surface area contributed by atoms with Crippen molar-refractivity contribution in [3.8, 4) is 11.8 Å². The van der Waals surface area contributed by atoms with Gasteiger partial charge in [0.2, 0.25) is 0 Å². The Morgan fingerprint density at radius 1 is 1.10 bits per heavy atom. The maximum absolute atomic E-state index is 12.9. The molecule has 1 heteroatoms. The number of hydrogen-bond acceptors (Lipinski definition) is 0. The standard InChI is InChI=1S/C19H15F/c1-3-6-17(19-8-5-4-7-15(19)2)12-9-16-10-13-18(20)14-11-16/h3-8,10-11,13-14H,1H2,2H3/b17-6-. The lowest BCUT2D eigenvalue weighted by Gasteiger charge is -2.03. The third kappa shape index (κ3) is 3.46. The molecule has 0 aromatic heterocycles. The molecule has 98 valence electrons. The summed E-state index contributed by atoms with van der Waals surface area (Å²) in [5.74, 6) is 5.93. The van der Waals surface area contributed by atoms with Crippen molar-refractivity contribution in [3.05, 3.63) is 89.8 Å². The second-order valence-corrected chi connectivity index (χ2v) is 4.39. The SMILES string of the molecule is C=C/C=C(/C#Cc1ccc(F)cc1)c1ccccc1C. The predicted molar refractivity (Wildman–Crippen MR) is 82.6 cm³/mol. The van der Waals surface area contributed by atoms with Gasteiger partial charge in [-0.05, 0) is 48.4 Å². The number of hydrogen-bond donors (Lipinski definition) is 0. The summed E-state index contributed by atoms with van der Waals surface area (Å²) in [5, 5.41) is 0. The quantitative estimate of drug-likeness (QED) is 0.541. The zero-order valence-electron chi connectivity index (χ0n) is 11.4. The Balaban J connectivity index is 2.38. The molecule has 0 amide bonds. The lowest BCUT2D eigenvalue weighted by atomic mass is 10.0. The predicted octanol–water partition coefficient (Wildman–Crippen LogP) is 4.76. The van der Waals surface area contributed by atoms with Gasteiger partial charge < -0.3 is 0 Å². The van der Waals surface area contributed by atoms with Crippen LogP contribution in [0, 0.1) is 24.6 Å². The van der Waals surface area contributed by atoms with E-state index in [2.05, 4.69) is 18.4 Å². The molecule has 2 aromatic carbocycles. The molecule has 0 fully saturated rings. The van der Waals surface area contributed by atoms with Gasteiger partial charge in [0.25, 0.3) is 0 Å². The van der Waals surface area contributed by atoms with Crippen LogP contribution in [0.1, 0.15) is 16.7 Å². The molecule has 2 aromatic rings. The molecule has 0 nitrogen and oxygen atoms in total. The normalized spacial score (nSPS) is 10.6.